The van der Waals surface area contributed by atoms with Crippen molar-refractivity contribution in [3.05, 3.63) is 35.4 Å². The van der Waals surface area contributed by atoms with Gasteiger partial charge in [-0.15, -0.1) is 0 Å². The van der Waals surface area contributed by atoms with Gasteiger partial charge < -0.3 is 5.73 Å². The minimum absolute atomic E-state index is 0.341. The second kappa shape index (κ2) is 3.88. The van der Waals surface area contributed by atoms with Gasteiger partial charge in [-0.05, 0) is 11.1 Å². The standard InChI is InChI=1S/C9H10NO/c10-7-9-4-2-1-3-8(9)5-6-11/h1-4H,5,7,10H2. The van der Waals surface area contributed by atoms with E-state index in [1.165, 1.54) is 0 Å². The molecule has 0 aromatic heterocycles. The zero-order valence-electron chi connectivity index (χ0n) is 6.21. The summed E-state index contributed by atoms with van der Waals surface area (Å²) in [5.41, 5.74) is 7.45. The Morgan fingerprint density at radius 2 is 1.91 bits per heavy atom. The van der Waals surface area contributed by atoms with E-state index < -0.39 is 0 Å². The van der Waals surface area contributed by atoms with Crippen molar-refractivity contribution in [1.29, 1.82) is 0 Å². The summed E-state index contributed by atoms with van der Waals surface area (Å²) in [6.07, 6.45) is 2.19. The highest BCUT2D eigenvalue weighted by atomic mass is 16.1. The van der Waals surface area contributed by atoms with E-state index in [1.54, 1.807) is 0 Å². The molecule has 2 nitrogen and oxygen atoms in total. The molecule has 1 radical (unpaired) electrons. The third kappa shape index (κ3) is 1.88. The number of hydrogen-bond acceptors (Lipinski definition) is 2. The highest BCUT2D eigenvalue weighted by Gasteiger charge is 1.97. The normalized spacial score (nSPS) is 9.55. The minimum Gasteiger partial charge on any atom is -0.326 e. The summed E-state index contributed by atoms with van der Waals surface area (Å²) in [5, 5.41) is 0. The predicted octanol–water partition coefficient (Wildman–Crippen LogP) is 0.798. The highest BCUT2D eigenvalue weighted by Crippen LogP contribution is 2.06. The maximum atomic E-state index is 10.1. The van der Waals surface area contributed by atoms with Crippen LogP contribution in [-0.4, -0.2) is 6.29 Å². The molecule has 0 heterocycles. The SMILES string of the molecule is NCc1ccccc1C[C]=O. The lowest BCUT2D eigenvalue weighted by Crippen LogP contribution is -2.01. The topological polar surface area (TPSA) is 43.1 Å². The number of rotatable bonds is 3. The zero-order chi connectivity index (χ0) is 8.10. The fraction of sp³-hybridized carbons (Fsp3) is 0.222. The second-order valence-corrected chi connectivity index (χ2v) is 2.29. The maximum absolute atomic E-state index is 10.1. The Balaban J connectivity index is 2.92. The summed E-state index contributed by atoms with van der Waals surface area (Å²) < 4.78 is 0. The molecule has 11 heavy (non-hydrogen) atoms. The molecule has 0 saturated heterocycles. The Morgan fingerprint density at radius 3 is 2.45 bits per heavy atom. The van der Waals surface area contributed by atoms with E-state index in [0.717, 1.165) is 11.1 Å². The lowest BCUT2D eigenvalue weighted by atomic mass is 10.1. The molecule has 0 aliphatic carbocycles. The van der Waals surface area contributed by atoms with Crippen molar-refractivity contribution in [2.75, 3.05) is 0 Å². The van der Waals surface area contributed by atoms with Gasteiger partial charge in [-0.2, -0.15) is 0 Å². The van der Waals surface area contributed by atoms with E-state index in [0.29, 0.717) is 13.0 Å². The van der Waals surface area contributed by atoms with Gasteiger partial charge in [0.25, 0.3) is 0 Å². The van der Waals surface area contributed by atoms with Gasteiger partial charge in [0.15, 0.2) is 0 Å². The lowest BCUT2D eigenvalue weighted by Gasteiger charge is -2.01. The molecule has 0 aliphatic heterocycles. The molecule has 1 aromatic rings. The molecule has 0 amide bonds. The average molecular weight is 148 g/mol. The molecule has 2 N–H and O–H groups in total. The molecular weight excluding hydrogens is 138 g/mol. The third-order valence-electron chi connectivity index (χ3n) is 1.60. The first-order valence-corrected chi connectivity index (χ1v) is 3.50. The Bertz CT molecular complexity index is 245. The van der Waals surface area contributed by atoms with Gasteiger partial charge in [-0.25, -0.2) is 0 Å². The average Bonchev–Trinajstić information content (AvgIpc) is 2.06. The largest absolute Gasteiger partial charge is 0.326 e. The molecule has 0 bridgehead atoms. The van der Waals surface area contributed by atoms with Crippen LogP contribution in [0.1, 0.15) is 11.1 Å². The molecule has 57 valence electrons. The maximum Gasteiger partial charge on any atom is 0.203 e. The molecule has 0 saturated carbocycles. The molecular formula is C9H10NO. The van der Waals surface area contributed by atoms with Gasteiger partial charge in [0.1, 0.15) is 0 Å². The number of hydrogen-bond donors (Lipinski definition) is 1. The number of carbonyl (C=O) groups excluding carboxylic acids is 1. The van der Waals surface area contributed by atoms with Crippen molar-refractivity contribution in [2.45, 2.75) is 13.0 Å². The molecule has 0 aliphatic rings. The molecule has 0 spiro atoms. The third-order valence-corrected chi connectivity index (χ3v) is 1.60. The van der Waals surface area contributed by atoms with Crippen LogP contribution in [0.25, 0.3) is 0 Å². The molecule has 0 fully saturated rings. The lowest BCUT2D eigenvalue weighted by molar-refractivity contribution is 0.555. The van der Waals surface area contributed by atoms with Gasteiger partial charge in [0, 0.05) is 13.0 Å². The van der Waals surface area contributed by atoms with E-state index in [9.17, 15) is 4.79 Å². The Labute approximate surface area is 66.0 Å². The van der Waals surface area contributed by atoms with Crippen LogP contribution >= 0.6 is 0 Å². The smallest absolute Gasteiger partial charge is 0.203 e. The summed E-state index contributed by atoms with van der Waals surface area (Å²) in [4.78, 5) is 10.1. The van der Waals surface area contributed by atoms with Gasteiger partial charge in [0.05, 0.1) is 0 Å². The van der Waals surface area contributed by atoms with Crippen LogP contribution in [0.15, 0.2) is 24.3 Å². The Kier molecular flexibility index (Phi) is 2.81. The quantitative estimate of drug-likeness (QED) is 0.688. The van der Waals surface area contributed by atoms with Crippen molar-refractivity contribution in [3.8, 4) is 0 Å². The molecule has 2 heteroatoms. The van der Waals surface area contributed by atoms with Gasteiger partial charge in [-0.1, -0.05) is 24.3 Å². The van der Waals surface area contributed by atoms with E-state index in [4.69, 9.17) is 5.73 Å². The summed E-state index contributed by atoms with van der Waals surface area (Å²) in [6, 6.07) is 7.63. The predicted molar refractivity (Wildman–Crippen MR) is 43.7 cm³/mol. The highest BCUT2D eigenvalue weighted by molar-refractivity contribution is 5.56. The summed E-state index contributed by atoms with van der Waals surface area (Å²) in [6.45, 7) is 0.484. The molecule has 0 atom stereocenters. The fourth-order valence-corrected chi connectivity index (χ4v) is 1.01. The van der Waals surface area contributed by atoms with Crippen LogP contribution in [0, 0.1) is 0 Å². The van der Waals surface area contributed by atoms with Crippen LogP contribution in [0.2, 0.25) is 0 Å². The summed E-state index contributed by atoms with van der Waals surface area (Å²) in [7, 11) is 0. The van der Waals surface area contributed by atoms with E-state index >= 15 is 0 Å². The van der Waals surface area contributed by atoms with E-state index in [-0.39, 0.29) is 0 Å². The Hall–Kier alpha value is -1.15. The Morgan fingerprint density at radius 1 is 1.27 bits per heavy atom. The summed E-state index contributed by atoms with van der Waals surface area (Å²) in [5.74, 6) is 0. The molecule has 1 aromatic carbocycles. The van der Waals surface area contributed by atoms with Crippen molar-refractivity contribution in [1.82, 2.24) is 0 Å². The summed E-state index contributed by atoms with van der Waals surface area (Å²) >= 11 is 0. The number of nitrogens with two attached hydrogens (primary N) is 1. The van der Waals surface area contributed by atoms with Crippen LogP contribution in [0.5, 0.6) is 0 Å². The zero-order valence-corrected chi connectivity index (χ0v) is 6.21. The van der Waals surface area contributed by atoms with Gasteiger partial charge in [0.2, 0.25) is 6.29 Å². The number of benzene rings is 1. The van der Waals surface area contributed by atoms with Crippen LogP contribution in [0.3, 0.4) is 0 Å². The fourth-order valence-electron chi connectivity index (χ4n) is 1.01. The van der Waals surface area contributed by atoms with Gasteiger partial charge >= 0.3 is 0 Å². The molecule has 0 unspecified atom stereocenters. The van der Waals surface area contributed by atoms with Gasteiger partial charge in [-0.3, -0.25) is 4.79 Å². The van der Waals surface area contributed by atoms with E-state index in [1.807, 2.05) is 30.6 Å². The minimum atomic E-state index is 0.341. The first kappa shape index (κ1) is 7.95. The molecule has 1 rings (SSSR count). The van der Waals surface area contributed by atoms with Crippen LogP contribution < -0.4 is 5.73 Å². The van der Waals surface area contributed by atoms with Crippen molar-refractivity contribution in [3.63, 3.8) is 0 Å². The first-order chi connectivity index (χ1) is 5.38. The van der Waals surface area contributed by atoms with Crippen molar-refractivity contribution >= 4 is 6.29 Å². The second-order valence-electron chi connectivity index (χ2n) is 2.29. The van der Waals surface area contributed by atoms with Crippen LogP contribution in [-0.2, 0) is 17.8 Å². The van der Waals surface area contributed by atoms with Crippen molar-refractivity contribution in [2.24, 2.45) is 5.73 Å². The van der Waals surface area contributed by atoms with Crippen molar-refractivity contribution < 1.29 is 4.79 Å². The van der Waals surface area contributed by atoms with Crippen LogP contribution in [0.4, 0.5) is 0 Å². The van der Waals surface area contributed by atoms with E-state index in [2.05, 4.69) is 0 Å². The first-order valence-electron chi connectivity index (χ1n) is 3.50. The monoisotopic (exact) mass is 148 g/mol.